The molecule has 3 aromatic rings. The van der Waals surface area contributed by atoms with Crippen LogP contribution in [0.4, 0.5) is 11.4 Å². The number of carbonyl (C=O) groups excluding carboxylic acids is 1. The summed E-state index contributed by atoms with van der Waals surface area (Å²) in [6.07, 6.45) is 0. The molecule has 128 valence electrons. The van der Waals surface area contributed by atoms with Crippen molar-refractivity contribution < 1.29 is 4.79 Å². The van der Waals surface area contributed by atoms with Crippen LogP contribution in [0.25, 0.3) is 11.3 Å². The molecule has 0 radical (unpaired) electrons. The Kier molecular flexibility index (Phi) is 5.01. The van der Waals surface area contributed by atoms with Gasteiger partial charge in [0, 0.05) is 28.2 Å². The standard InChI is InChI=1S/C18H16ClN3O2S/c1-3-22-18(24)17(20-14-6-4-5-13(19)9-14)15(11(2)23)16(21-22)12-7-8-25-10-12/h4-10,20H,3H2,1-2H3. The van der Waals surface area contributed by atoms with Crippen molar-refractivity contribution in [2.24, 2.45) is 0 Å². The molecule has 0 amide bonds. The number of rotatable bonds is 5. The van der Waals surface area contributed by atoms with Gasteiger partial charge in [0.05, 0.1) is 5.56 Å². The maximum Gasteiger partial charge on any atom is 0.291 e. The number of carbonyl (C=O) groups is 1. The first kappa shape index (κ1) is 17.4. The molecule has 0 unspecified atom stereocenters. The fourth-order valence-electron chi connectivity index (χ4n) is 2.56. The molecule has 2 heterocycles. The molecule has 0 spiro atoms. The molecule has 2 aromatic heterocycles. The van der Waals surface area contributed by atoms with Gasteiger partial charge in [-0.25, -0.2) is 4.68 Å². The second-order valence-electron chi connectivity index (χ2n) is 5.42. The third-order valence-electron chi connectivity index (χ3n) is 3.70. The maximum absolute atomic E-state index is 12.8. The summed E-state index contributed by atoms with van der Waals surface area (Å²) in [7, 11) is 0. The number of benzene rings is 1. The Bertz CT molecular complexity index is 980. The number of aromatic nitrogens is 2. The Morgan fingerprint density at radius 1 is 1.36 bits per heavy atom. The van der Waals surface area contributed by atoms with Gasteiger partial charge in [-0.1, -0.05) is 17.7 Å². The van der Waals surface area contributed by atoms with Gasteiger partial charge < -0.3 is 5.32 Å². The molecule has 0 fully saturated rings. The predicted octanol–water partition coefficient (Wildman–Crippen LogP) is 4.59. The topological polar surface area (TPSA) is 64.0 Å². The van der Waals surface area contributed by atoms with Crippen LogP contribution < -0.4 is 10.9 Å². The van der Waals surface area contributed by atoms with E-state index in [9.17, 15) is 9.59 Å². The van der Waals surface area contributed by atoms with Crippen molar-refractivity contribution in [3.8, 4) is 11.3 Å². The van der Waals surface area contributed by atoms with Gasteiger partial charge in [-0.05, 0) is 43.5 Å². The van der Waals surface area contributed by atoms with Crippen LogP contribution in [0.1, 0.15) is 24.2 Å². The highest BCUT2D eigenvalue weighted by atomic mass is 35.5. The molecule has 0 atom stereocenters. The molecule has 0 aliphatic rings. The fourth-order valence-corrected chi connectivity index (χ4v) is 3.39. The van der Waals surface area contributed by atoms with Crippen molar-refractivity contribution in [1.29, 1.82) is 0 Å². The van der Waals surface area contributed by atoms with Gasteiger partial charge in [-0.15, -0.1) is 0 Å². The maximum atomic E-state index is 12.8. The molecular weight excluding hydrogens is 358 g/mol. The summed E-state index contributed by atoms with van der Waals surface area (Å²) >= 11 is 7.53. The zero-order valence-electron chi connectivity index (χ0n) is 13.7. The third kappa shape index (κ3) is 3.50. The largest absolute Gasteiger partial charge is 0.350 e. The molecule has 0 aliphatic heterocycles. The van der Waals surface area contributed by atoms with Crippen molar-refractivity contribution in [2.45, 2.75) is 20.4 Å². The number of Topliss-reactive ketones (excluding diaryl/α,β-unsaturated/α-hetero) is 1. The number of anilines is 2. The highest BCUT2D eigenvalue weighted by Crippen LogP contribution is 2.29. The summed E-state index contributed by atoms with van der Waals surface area (Å²) in [6.45, 7) is 3.67. The van der Waals surface area contributed by atoms with E-state index in [1.165, 1.54) is 22.9 Å². The summed E-state index contributed by atoms with van der Waals surface area (Å²) < 4.78 is 1.35. The minimum Gasteiger partial charge on any atom is -0.350 e. The molecule has 0 aliphatic carbocycles. The highest BCUT2D eigenvalue weighted by Gasteiger charge is 2.22. The Morgan fingerprint density at radius 3 is 2.76 bits per heavy atom. The summed E-state index contributed by atoms with van der Waals surface area (Å²) in [5.74, 6) is -0.224. The van der Waals surface area contributed by atoms with Gasteiger partial charge in [0.25, 0.3) is 5.56 Å². The number of aryl methyl sites for hydroxylation is 1. The smallest absolute Gasteiger partial charge is 0.291 e. The summed E-state index contributed by atoms with van der Waals surface area (Å²) in [5.41, 5.74) is 2.11. The molecule has 3 rings (SSSR count). The lowest BCUT2D eigenvalue weighted by Gasteiger charge is -2.15. The van der Waals surface area contributed by atoms with Gasteiger partial charge in [0.15, 0.2) is 5.78 Å². The van der Waals surface area contributed by atoms with Crippen LogP contribution in [0.5, 0.6) is 0 Å². The SMILES string of the molecule is CCn1nc(-c2ccsc2)c(C(C)=O)c(Nc2cccc(Cl)c2)c1=O. The number of thiophene rings is 1. The van der Waals surface area contributed by atoms with Crippen LogP contribution in [0, 0.1) is 0 Å². The van der Waals surface area contributed by atoms with Crippen molar-refractivity contribution >= 4 is 40.1 Å². The number of nitrogens with one attached hydrogen (secondary N) is 1. The fraction of sp³-hybridized carbons (Fsp3) is 0.167. The molecule has 7 heteroatoms. The number of hydrogen-bond donors (Lipinski definition) is 1. The van der Waals surface area contributed by atoms with Crippen LogP contribution in [0.15, 0.2) is 45.9 Å². The molecule has 1 N–H and O–H groups in total. The van der Waals surface area contributed by atoms with Gasteiger partial charge in [-0.3, -0.25) is 9.59 Å². The minimum atomic E-state index is -0.341. The molecule has 0 saturated heterocycles. The summed E-state index contributed by atoms with van der Waals surface area (Å²) in [6, 6.07) is 8.89. The normalized spacial score (nSPS) is 10.7. The number of halogens is 1. The molecule has 1 aromatic carbocycles. The highest BCUT2D eigenvalue weighted by molar-refractivity contribution is 7.08. The Labute approximate surface area is 153 Å². The van der Waals surface area contributed by atoms with Crippen LogP contribution >= 0.6 is 22.9 Å². The first-order chi connectivity index (χ1) is 12.0. The van der Waals surface area contributed by atoms with E-state index in [2.05, 4.69) is 10.4 Å². The number of hydrogen-bond acceptors (Lipinski definition) is 5. The van der Waals surface area contributed by atoms with Crippen molar-refractivity contribution in [3.63, 3.8) is 0 Å². The van der Waals surface area contributed by atoms with Crippen LogP contribution in [-0.4, -0.2) is 15.6 Å². The molecule has 0 bridgehead atoms. The predicted molar refractivity (Wildman–Crippen MR) is 102 cm³/mol. The van der Waals surface area contributed by atoms with E-state index in [1.54, 1.807) is 24.3 Å². The van der Waals surface area contributed by atoms with Crippen LogP contribution in [-0.2, 0) is 6.54 Å². The minimum absolute atomic E-state index is 0.216. The summed E-state index contributed by atoms with van der Waals surface area (Å²) in [4.78, 5) is 25.1. The first-order valence-corrected chi connectivity index (χ1v) is 9.04. The van der Waals surface area contributed by atoms with Crippen LogP contribution in [0.3, 0.4) is 0 Å². The summed E-state index contributed by atoms with van der Waals surface area (Å²) in [5, 5.41) is 11.8. The molecular formula is C18H16ClN3O2S. The second kappa shape index (κ2) is 7.21. The van der Waals surface area contributed by atoms with Gasteiger partial charge in [0.2, 0.25) is 0 Å². The molecule has 0 saturated carbocycles. The van der Waals surface area contributed by atoms with E-state index in [-0.39, 0.29) is 22.6 Å². The van der Waals surface area contributed by atoms with E-state index in [0.29, 0.717) is 22.9 Å². The monoisotopic (exact) mass is 373 g/mol. The molecule has 25 heavy (non-hydrogen) atoms. The Hall–Kier alpha value is -2.44. The average molecular weight is 374 g/mol. The van der Waals surface area contributed by atoms with Gasteiger partial charge in [-0.2, -0.15) is 16.4 Å². The van der Waals surface area contributed by atoms with E-state index < -0.39 is 0 Å². The van der Waals surface area contributed by atoms with Crippen molar-refractivity contribution in [1.82, 2.24) is 9.78 Å². The first-order valence-electron chi connectivity index (χ1n) is 7.72. The van der Waals surface area contributed by atoms with Crippen LogP contribution in [0.2, 0.25) is 5.02 Å². The number of ketones is 1. The van der Waals surface area contributed by atoms with Gasteiger partial charge in [0.1, 0.15) is 11.4 Å². The lowest BCUT2D eigenvalue weighted by Crippen LogP contribution is -2.28. The zero-order valence-corrected chi connectivity index (χ0v) is 15.3. The van der Waals surface area contributed by atoms with Gasteiger partial charge >= 0.3 is 0 Å². The number of nitrogens with zero attached hydrogens (tertiary/aromatic N) is 2. The quantitative estimate of drug-likeness (QED) is 0.664. The average Bonchev–Trinajstić information content (AvgIpc) is 3.10. The van der Waals surface area contributed by atoms with Crippen molar-refractivity contribution in [2.75, 3.05) is 5.32 Å². The Morgan fingerprint density at radius 2 is 2.16 bits per heavy atom. The van der Waals surface area contributed by atoms with E-state index in [0.717, 1.165) is 5.56 Å². The second-order valence-corrected chi connectivity index (χ2v) is 6.64. The Balaban J connectivity index is 2.26. The van der Waals surface area contributed by atoms with Crippen molar-refractivity contribution in [3.05, 3.63) is 62.0 Å². The van der Waals surface area contributed by atoms with E-state index in [4.69, 9.17) is 11.6 Å². The lowest BCUT2D eigenvalue weighted by atomic mass is 10.0. The molecule has 5 nitrogen and oxygen atoms in total. The third-order valence-corrected chi connectivity index (χ3v) is 4.61. The zero-order chi connectivity index (χ0) is 18.0. The van der Waals surface area contributed by atoms with E-state index >= 15 is 0 Å². The lowest BCUT2D eigenvalue weighted by molar-refractivity contribution is 0.101. The van der Waals surface area contributed by atoms with E-state index in [1.807, 2.05) is 23.8 Å².